The van der Waals surface area contributed by atoms with Crippen LogP contribution in [0.5, 0.6) is 0 Å². The van der Waals surface area contributed by atoms with Gasteiger partial charge in [0.05, 0.1) is 0 Å². The lowest BCUT2D eigenvalue weighted by molar-refractivity contribution is 1.26. The van der Waals surface area contributed by atoms with Crippen molar-refractivity contribution < 1.29 is 0 Å². The molecule has 2 aromatic carbocycles. The fourth-order valence-electron chi connectivity index (χ4n) is 2.39. The van der Waals surface area contributed by atoms with Crippen LogP contribution in [0.2, 0.25) is 0 Å². The molecule has 0 bridgehead atoms. The summed E-state index contributed by atoms with van der Waals surface area (Å²) in [6.07, 6.45) is 0.991. The van der Waals surface area contributed by atoms with Crippen LogP contribution in [0.25, 0.3) is 11.1 Å². The Balaban J connectivity index is 2.16. The number of benzene rings is 2. The van der Waals surface area contributed by atoms with Gasteiger partial charge in [-0.25, -0.2) is 0 Å². The van der Waals surface area contributed by atoms with Crippen molar-refractivity contribution in [1.82, 2.24) is 0 Å². The average Bonchev–Trinajstić information content (AvgIpc) is 2.64. The summed E-state index contributed by atoms with van der Waals surface area (Å²) in [4.78, 5) is 0. The summed E-state index contributed by atoms with van der Waals surface area (Å²) in [5.74, 6) is 0. The number of fused-ring (bicyclic) bond motifs is 3. The molecule has 1 aliphatic carbocycles. The lowest BCUT2D eigenvalue weighted by atomic mass is 9.92. The van der Waals surface area contributed by atoms with Crippen molar-refractivity contribution in [2.24, 2.45) is 0 Å². The van der Waals surface area contributed by atoms with Gasteiger partial charge in [0, 0.05) is 12.7 Å². The molecule has 0 atom stereocenters. The molecular weight excluding hydrogens is 193 g/mol. The zero-order chi connectivity index (χ0) is 11.1. The third kappa shape index (κ3) is 1.34. The second-order valence-corrected chi connectivity index (χ2v) is 4.22. The van der Waals surface area contributed by atoms with Crippen molar-refractivity contribution in [2.45, 2.75) is 6.42 Å². The number of rotatable bonds is 1. The first-order chi connectivity index (χ1) is 7.78. The maximum Gasteiger partial charge on any atom is 0.113 e. The van der Waals surface area contributed by atoms with Crippen molar-refractivity contribution in [3.63, 3.8) is 0 Å². The molecule has 0 aliphatic heterocycles. The minimum Gasteiger partial charge on any atom is -0.388 e. The summed E-state index contributed by atoms with van der Waals surface area (Å²) in [6, 6.07) is 12.7. The van der Waals surface area contributed by atoms with Gasteiger partial charge in [-0.15, -0.1) is 0 Å². The quantitative estimate of drug-likeness (QED) is 0.600. The zero-order valence-electron chi connectivity index (χ0n) is 9.25. The maximum atomic E-state index is 5.81. The number of anilines is 1. The van der Waals surface area contributed by atoms with Crippen LogP contribution < -0.4 is 10.8 Å². The van der Waals surface area contributed by atoms with Crippen molar-refractivity contribution in [3.05, 3.63) is 47.5 Å². The molecule has 2 radical (unpaired) electrons. The Morgan fingerprint density at radius 1 is 1.00 bits per heavy atom. The Hall–Kier alpha value is -1.70. The average molecular weight is 205 g/mol. The molecule has 0 unspecified atom stereocenters. The lowest BCUT2D eigenvalue weighted by Gasteiger charge is -2.04. The smallest absolute Gasteiger partial charge is 0.113 e. The summed E-state index contributed by atoms with van der Waals surface area (Å²) in [6.45, 7) is 0. The Morgan fingerprint density at radius 3 is 2.44 bits per heavy atom. The zero-order valence-corrected chi connectivity index (χ0v) is 9.25. The van der Waals surface area contributed by atoms with Crippen LogP contribution in [-0.2, 0) is 6.42 Å². The van der Waals surface area contributed by atoms with Gasteiger partial charge in [0.2, 0.25) is 0 Å². The first kappa shape index (κ1) is 9.53. The maximum absolute atomic E-state index is 5.81. The summed E-state index contributed by atoms with van der Waals surface area (Å²) in [7, 11) is 7.76. The number of hydrogen-bond donors (Lipinski definition) is 1. The Labute approximate surface area is 96.9 Å². The standard InChI is InChI=1S/C14H12BN/c1-16-12-3-5-14-10(8-12)6-9-7-11(15)2-4-13(9)14/h2-5,7-8,16H,6H2,1H3. The molecule has 1 aliphatic rings. The van der Waals surface area contributed by atoms with Crippen LogP contribution in [0.3, 0.4) is 0 Å². The predicted molar refractivity (Wildman–Crippen MR) is 69.6 cm³/mol. The molecule has 0 heterocycles. The summed E-state index contributed by atoms with van der Waals surface area (Å²) < 4.78 is 0. The summed E-state index contributed by atoms with van der Waals surface area (Å²) >= 11 is 0. The highest BCUT2D eigenvalue weighted by Crippen LogP contribution is 2.37. The number of hydrogen-bond acceptors (Lipinski definition) is 1. The van der Waals surface area contributed by atoms with Gasteiger partial charge < -0.3 is 5.32 Å². The molecule has 3 rings (SSSR count). The minimum absolute atomic E-state index is 0.848. The molecule has 0 amide bonds. The SMILES string of the molecule is [B]c1ccc2c(c1)Cc1cc(NC)ccc1-2. The van der Waals surface area contributed by atoms with Crippen LogP contribution in [0.4, 0.5) is 5.69 Å². The van der Waals surface area contributed by atoms with E-state index < -0.39 is 0 Å². The first-order valence-electron chi connectivity index (χ1n) is 5.47. The van der Waals surface area contributed by atoms with Crippen LogP contribution in [0, 0.1) is 0 Å². The highest BCUT2D eigenvalue weighted by molar-refractivity contribution is 6.32. The molecule has 2 aromatic rings. The molecule has 0 spiro atoms. The van der Waals surface area contributed by atoms with E-state index in [-0.39, 0.29) is 0 Å². The molecule has 76 valence electrons. The van der Waals surface area contributed by atoms with E-state index in [1.807, 2.05) is 13.1 Å². The minimum atomic E-state index is 0.848. The molecule has 2 heteroatoms. The Morgan fingerprint density at radius 2 is 1.69 bits per heavy atom. The molecule has 0 saturated heterocycles. The molecule has 1 nitrogen and oxygen atoms in total. The molecule has 0 saturated carbocycles. The van der Waals surface area contributed by atoms with E-state index in [0.29, 0.717) is 0 Å². The fraction of sp³-hybridized carbons (Fsp3) is 0.143. The topological polar surface area (TPSA) is 12.0 Å². The molecule has 16 heavy (non-hydrogen) atoms. The molecule has 1 N–H and O–H groups in total. The van der Waals surface area contributed by atoms with Crippen molar-refractivity contribution in [1.29, 1.82) is 0 Å². The Kier molecular flexibility index (Phi) is 2.03. The van der Waals surface area contributed by atoms with Crippen LogP contribution >= 0.6 is 0 Å². The van der Waals surface area contributed by atoms with E-state index in [4.69, 9.17) is 7.85 Å². The Bertz CT molecular complexity index is 561. The summed E-state index contributed by atoms with van der Waals surface area (Å²) in [5.41, 5.74) is 7.40. The van der Waals surface area contributed by atoms with Crippen molar-refractivity contribution >= 4 is 19.0 Å². The van der Waals surface area contributed by atoms with Gasteiger partial charge in [0.15, 0.2) is 0 Å². The van der Waals surface area contributed by atoms with E-state index in [1.165, 1.54) is 27.9 Å². The van der Waals surface area contributed by atoms with Gasteiger partial charge in [0.25, 0.3) is 0 Å². The van der Waals surface area contributed by atoms with E-state index >= 15 is 0 Å². The van der Waals surface area contributed by atoms with Gasteiger partial charge in [-0.1, -0.05) is 29.7 Å². The second-order valence-electron chi connectivity index (χ2n) is 4.22. The molecule has 0 fully saturated rings. The molecular formula is C14H12BN. The monoisotopic (exact) mass is 205 g/mol. The van der Waals surface area contributed by atoms with Crippen LogP contribution in [0.1, 0.15) is 11.1 Å². The van der Waals surface area contributed by atoms with Gasteiger partial charge in [-0.2, -0.15) is 0 Å². The van der Waals surface area contributed by atoms with Crippen molar-refractivity contribution in [3.8, 4) is 11.1 Å². The lowest BCUT2D eigenvalue weighted by Crippen LogP contribution is -2.01. The molecule has 0 aromatic heterocycles. The van der Waals surface area contributed by atoms with Gasteiger partial charge >= 0.3 is 0 Å². The van der Waals surface area contributed by atoms with E-state index in [9.17, 15) is 0 Å². The van der Waals surface area contributed by atoms with Gasteiger partial charge in [-0.3, -0.25) is 0 Å². The highest BCUT2D eigenvalue weighted by atomic mass is 14.8. The predicted octanol–water partition coefficient (Wildman–Crippen LogP) is 2.09. The van der Waals surface area contributed by atoms with Crippen LogP contribution in [-0.4, -0.2) is 14.9 Å². The fourth-order valence-corrected chi connectivity index (χ4v) is 2.39. The largest absolute Gasteiger partial charge is 0.388 e. The van der Waals surface area contributed by atoms with E-state index in [0.717, 1.165) is 11.9 Å². The van der Waals surface area contributed by atoms with E-state index in [2.05, 4.69) is 35.6 Å². The highest BCUT2D eigenvalue weighted by Gasteiger charge is 2.17. The normalized spacial score (nSPS) is 12.1. The van der Waals surface area contributed by atoms with Gasteiger partial charge in [-0.05, 0) is 40.8 Å². The van der Waals surface area contributed by atoms with E-state index in [1.54, 1.807) is 0 Å². The number of nitrogens with one attached hydrogen (secondary N) is 1. The first-order valence-corrected chi connectivity index (χ1v) is 5.47. The third-order valence-corrected chi connectivity index (χ3v) is 3.19. The van der Waals surface area contributed by atoms with Gasteiger partial charge in [0.1, 0.15) is 7.85 Å². The summed E-state index contributed by atoms with van der Waals surface area (Å²) in [5, 5.41) is 3.17. The van der Waals surface area contributed by atoms with Crippen molar-refractivity contribution in [2.75, 3.05) is 12.4 Å². The third-order valence-electron chi connectivity index (χ3n) is 3.19. The van der Waals surface area contributed by atoms with Crippen LogP contribution in [0.15, 0.2) is 36.4 Å². The second kappa shape index (κ2) is 3.41.